The summed E-state index contributed by atoms with van der Waals surface area (Å²) in [6.45, 7) is 0.316. The summed E-state index contributed by atoms with van der Waals surface area (Å²) < 4.78 is 13.8. The van der Waals surface area contributed by atoms with Gasteiger partial charge in [0.15, 0.2) is 0 Å². The topological polar surface area (TPSA) is 49.4 Å². The van der Waals surface area contributed by atoms with Gasteiger partial charge in [0.05, 0.1) is 5.69 Å². The number of carbonyl (C=O) groups is 2. The second-order valence-electron chi connectivity index (χ2n) is 5.64. The fourth-order valence-corrected chi connectivity index (χ4v) is 3.77. The number of hydrogen-bond acceptors (Lipinski definition) is 2. The molecule has 21 heavy (non-hydrogen) atoms. The third-order valence-corrected chi connectivity index (χ3v) is 4.89. The summed E-state index contributed by atoms with van der Waals surface area (Å²) in [5, 5.41) is 2.92. The lowest BCUT2D eigenvalue weighted by Crippen LogP contribution is -2.55. The molecule has 3 rings (SSSR count). The van der Waals surface area contributed by atoms with Crippen molar-refractivity contribution >= 4 is 33.4 Å². The van der Waals surface area contributed by atoms with Crippen molar-refractivity contribution in [1.82, 2.24) is 5.32 Å². The molecule has 2 fully saturated rings. The molecule has 1 N–H and O–H groups in total. The van der Waals surface area contributed by atoms with Crippen LogP contribution < -0.4 is 10.2 Å². The number of nitrogens with one attached hydrogen (secondary N) is 1. The van der Waals surface area contributed by atoms with Crippen LogP contribution in [0, 0.1) is 5.82 Å². The molecule has 0 atom stereocenters. The van der Waals surface area contributed by atoms with Crippen LogP contribution in [0.4, 0.5) is 10.1 Å². The predicted octanol–water partition coefficient (Wildman–Crippen LogP) is 2.75. The fourth-order valence-electron chi connectivity index (χ4n) is 3.20. The van der Waals surface area contributed by atoms with Crippen molar-refractivity contribution in [2.24, 2.45) is 0 Å². The van der Waals surface area contributed by atoms with E-state index in [1.54, 1.807) is 11.0 Å². The molecule has 6 heteroatoms. The molecule has 1 aromatic rings. The highest BCUT2D eigenvalue weighted by Crippen LogP contribution is 2.36. The summed E-state index contributed by atoms with van der Waals surface area (Å²) in [5.74, 6) is -0.540. The van der Waals surface area contributed by atoms with E-state index in [1.807, 2.05) is 0 Å². The average Bonchev–Trinajstić information content (AvgIpc) is 2.85. The highest BCUT2D eigenvalue weighted by molar-refractivity contribution is 9.10. The fraction of sp³-hybridized carbons (Fsp3) is 0.467. The zero-order valence-corrected chi connectivity index (χ0v) is 13.1. The van der Waals surface area contributed by atoms with Gasteiger partial charge in [0.25, 0.3) is 5.91 Å². The zero-order valence-electron chi connectivity index (χ0n) is 11.5. The van der Waals surface area contributed by atoms with Gasteiger partial charge in [-0.1, -0.05) is 12.8 Å². The van der Waals surface area contributed by atoms with Crippen molar-refractivity contribution in [2.75, 3.05) is 11.4 Å². The standard InChI is InChI=1S/C15H16BrFN2O2/c16-11-9-10(17)3-4-12(11)19-8-5-13(20)18-15(14(19)21)6-1-2-7-15/h3-4,9H,1-2,5-8H2,(H,18,20). The van der Waals surface area contributed by atoms with E-state index in [-0.39, 0.29) is 24.1 Å². The van der Waals surface area contributed by atoms with Gasteiger partial charge in [-0.2, -0.15) is 0 Å². The van der Waals surface area contributed by atoms with E-state index in [0.29, 0.717) is 29.5 Å². The second-order valence-corrected chi connectivity index (χ2v) is 6.49. The van der Waals surface area contributed by atoms with Crippen molar-refractivity contribution < 1.29 is 14.0 Å². The lowest BCUT2D eigenvalue weighted by Gasteiger charge is -2.32. The van der Waals surface area contributed by atoms with Crippen LogP contribution in [0.25, 0.3) is 0 Å². The first kappa shape index (κ1) is 14.5. The minimum Gasteiger partial charge on any atom is -0.342 e. The summed E-state index contributed by atoms with van der Waals surface area (Å²) in [6, 6.07) is 4.24. The molecule has 0 bridgehead atoms. The summed E-state index contributed by atoms with van der Waals surface area (Å²) in [6.07, 6.45) is 3.48. The molecule has 1 spiro atoms. The average molecular weight is 355 g/mol. The number of rotatable bonds is 1. The Morgan fingerprint density at radius 1 is 1.24 bits per heavy atom. The Kier molecular flexibility index (Phi) is 3.73. The lowest BCUT2D eigenvalue weighted by molar-refractivity contribution is -0.129. The van der Waals surface area contributed by atoms with Gasteiger partial charge in [-0.25, -0.2) is 4.39 Å². The smallest absolute Gasteiger partial charge is 0.252 e. The minimum absolute atomic E-state index is 0.0850. The molecule has 1 saturated heterocycles. The van der Waals surface area contributed by atoms with Gasteiger partial charge in [-0.05, 0) is 47.0 Å². The Balaban J connectivity index is 2.00. The molecule has 1 saturated carbocycles. The number of nitrogens with zero attached hydrogens (tertiary/aromatic N) is 1. The van der Waals surface area contributed by atoms with Crippen LogP contribution >= 0.6 is 15.9 Å². The Bertz CT molecular complexity index is 599. The molecule has 0 aromatic heterocycles. The molecule has 0 unspecified atom stereocenters. The SMILES string of the molecule is O=C1CCN(c2ccc(F)cc2Br)C(=O)C2(CCCC2)N1. The summed E-state index contributed by atoms with van der Waals surface area (Å²) in [4.78, 5) is 26.5. The van der Waals surface area contributed by atoms with Gasteiger partial charge < -0.3 is 10.2 Å². The van der Waals surface area contributed by atoms with Gasteiger partial charge in [-0.15, -0.1) is 0 Å². The molecule has 1 aliphatic heterocycles. The third-order valence-electron chi connectivity index (χ3n) is 4.25. The van der Waals surface area contributed by atoms with E-state index >= 15 is 0 Å². The summed E-state index contributed by atoms with van der Waals surface area (Å²) >= 11 is 3.31. The first-order valence-corrected chi connectivity index (χ1v) is 7.89. The van der Waals surface area contributed by atoms with Crippen LogP contribution in [0.2, 0.25) is 0 Å². The van der Waals surface area contributed by atoms with Gasteiger partial charge >= 0.3 is 0 Å². The van der Waals surface area contributed by atoms with Gasteiger partial charge in [0.1, 0.15) is 11.4 Å². The second kappa shape index (κ2) is 5.40. The van der Waals surface area contributed by atoms with Crippen LogP contribution in [0.1, 0.15) is 32.1 Å². The minimum atomic E-state index is -0.776. The number of halogens is 2. The molecular formula is C15H16BrFN2O2. The van der Waals surface area contributed by atoms with Crippen molar-refractivity contribution in [2.45, 2.75) is 37.6 Å². The van der Waals surface area contributed by atoms with Crippen molar-refractivity contribution in [3.05, 3.63) is 28.5 Å². The first-order chi connectivity index (χ1) is 10.0. The lowest BCUT2D eigenvalue weighted by atomic mass is 9.95. The van der Waals surface area contributed by atoms with E-state index in [0.717, 1.165) is 12.8 Å². The van der Waals surface area contributed by atoms with E-state index in [4.69, 9.17) is 0 Å². The van der Waals surface area contributed by atoms with Crippen LogP contribution in [-0.2, 0) is 9.59 Å². The molecule has 0 radical (unpaired) electrons. The zero-order chi connectivity index (χ0) is 15.0. The Morgan fingerprint density at radius 2 is 1.95 bits per heavy atom. The Hall–Kier alpha value is -1.43. The number of anilines is 1. The Morgan fingerprint density at radius 3 is 2.62 bits per heavy atom. The normalized spacial score (nSPS) is 21.5. The molecule has 2 amide bonds. The molecule has 4 nitrogen and oxygen atoms in total. The van der Waals surface area contributed by atoms with E-state index in [1.165, 1.54) is 12.1 Å². The number of benzene rings is 1. The molecule has 1 aromatic carbocycles. The maximum atomic E-state index is 13.2. The molecular weight excluding hydrogens is 339 g/mol. The maximum absolute atomic E-state index is 13.2. The van der Waals surface area contributed by atoms with Gasteiger partial charge in [-0.3, -0.25) is 9.59 Å². The third kappa shape index (κ3) is 2.57. The first-order valence-electron chi connectivity index (χ1n) is 7.10. The van der Waals surface area contributed by atoms with Crippen LogP contribution in [0.5, 0.6) is 0 Å². The quantitative estimate of drug-likeness (QED) is 0.842. The number of amides is 2. The van der Waals surface area contributed by atoms with Crippen molar-refractivity contribution in [3.63, 3.8) is 0 Å². The van der Waals surface area contributed by atoms with E-state index < -0.39 is 5.54 Å². The summed E-state index contributed by atoms with van der Waals surface area (Å²) in [5.41, 5.74) is -0.161. The van der Waals surface area contributed by atoms with Crippen LogP contribution in [0.15, 0.2) is 22.7 Å². The molecule has 2 aliphatic rings. The Labute approximate surface area is 130 Å². The van der Waals surface area contributed by atoms with Gasteiger partial charge in [0.2, 0.25) is 5.91 Å². The molecule has 112 valence electrons. The van der Waals surface area contributed by atoms with E-state index in [2.05, 4.69) is 21.2 Å². The predicted molar refractivity (Wildman–Crippen MR) is 80.4 cm³/mol. The largest absolute Gasteiger partial charge is 0.342 e. The van der Waals surface area contributed by atoms with E-state index in [9.17, 15) is 14.0 Å². The van der Waals surface area contributed by atoms with Crippen molar-refractivity contribution in [1.29, 1.82) is 0 Å². The number of carbonyl (C=O) groups excluding carboxylic acids is 2. The molecule has 1 aliphatic carbocycles. The number of hydrogen-bond donors (Lipinski definition) is 1. The van der Waals surface area contributed by atoms with Crippen LogP contribution in [0.3, 0.4) is 0 Å². The van der Waals surface area contributed by atoms with Crippen LogP contribution in [-0.4, -0.2) is 23.9 Å². The maximum Gasteiger partial charge on any atom is 0.252 e. The van der Waals surface area contributed by atoms with Gasteiger partial charge in [0, 0.05) is 17.4 Å². The monoisotopic (exact) mass is 354 g/mol. The summed E-state index contributed by atoms with van der Waals surface area (Å²) in [7, 11) is 0. The van der Waals surface area contributed by atoms with Crippen molar-refractivity contribution in [3.8, 4) is 0 Å². The molecule has 1 heterocycles. The highest BCUT2D eigenvalue weighted by Gasteiger charge is 2.46. The highest BCUT2D eigenvalue weighted by atomic mass is 79.9.